The first-order valence-electron chi connectivity index (χ1n) is 5.99. The smallest absolute Gasteiger partial charge is 0.191 e. The highest BCUT2D eigenvalue weighted by Crippen LogP contribution is 2.06. The molecule has 1 saturated heterocycles. The molecule has 1 aromatic heterocycles. The lowest BCUT2D eigenvalue weighted by Crippen LogP contribution is -2.48. The first kappa shape index (κ1) is 13.4. The molecule has 0 amide bonds. The zero-order valence-electron chi connectivity index (χ0n) is 10.4. The van der Waals surface area contributed by atoms with Crippen LogP contribution in [0.2, 0.25) is 0 Å². The van der Waals surface area contributed by atoms with Gasteiger partial charge < -0.3 is 15.4 Å². The molecule has 1 aliphatic rings. The van der Waals surface area contributed by atoms with Crippen molar-refractivity contribution in [2.75, 3.05) is 26.2 Å². The van der Waals surface area contributed by atoms with E-state index in [2.05, 4.69) is 30.9 Å². The summed E-state index contributed by atoms with van der Waals surface area (Å²) in [6, 6.07) is 0. The van der Waals surface area contributed by atoms with Crippen LogP contribution in [0.25, 0.3) is 0 Å². The van der Waals surface area contributed by atoms with Gasteiger partial charge in [0.1, 0.15) is 0 Å². The maximum atomic E-state index is 5.96. The molecule has 1 aromatic rings. The maximum Gasteiger partial charge on any atom is 0.191 e. The van der Waals surface area contributed by atoms with E-state index in [9.17, 15) is 0 Å². The molecule has 1 unspecified atom stereocenters. The quantitative estimate of drug-likeness (QED) is 0.658. The van der Waals surface area contributed by atoms with Crippen molar-refractivity contribution in [1.82, 2.24) is 14.7 Å². The summed E-state index contributed by atoms with van der Waals surface area (Å²) in [7, 11) is 0. The van der Waals surface area contributed by atoms with Crippen molar-refractivity contribution >= 4 is 21.9 Å². The molecule has 100 valence electrons. The molecule has 1 aliphatic heterocycles. The van der Waals surface area contributed by atoms with E-state index in [1.165, 1.54) is 0 Å². The molecule has 2 rings (SSSR count). The number of rotatable bonds is 3. The summed E-state index contributed by atoms with van der Waals surface area (Å²) in [4.78, 5) is 6.44. The number of hydrogen-bond donors (Lipinski definition) is 1. The molecule has 7 heteroatoms. The van der Waals surface area contributed by atoms with Crippen LogP contribution in [0.15, 0.2) is 21.9 Å². The Hall–Kier alpha value is -1.08. The zero-order chi connectivity index (χ0) is 13.0. The standard InChI is InChI=1S/C11H18BrN5O/c1-9-7-16(4-5-18-9)11(13)14-2-3-17-8-10(12)6-15-17/h6,8-9H,2-5,7H2,1H3,(H2,13,14). The summed E-state index contributed by atoms with van der Waals surface area (Å²) in [6.45, 7) is 5.73. The highest BCUT2D eigenvalue weighted by Gasteiger charge is 2.17. The van der Waals surface area contributed by atoms with E-state index < -0.39 is 0 Å². The molecule has 2 N–H and O–H groups in total. The second-order valence-corrected chi connectivity index (χ2v) is 5.20. The van der Waals surface area contributed by atoms with E-state index in [1.807, 2.05) is 17.8 Å². The number of morpholine rings is 1. The number of halogens is 1. The van der Waals surface area contributed by atoms with Crippen molar-refractivity contribution in [3.05, 3.63) is 16.9 Å². The van der Waals surface area contributed by atoms with Crippen molar-refractivity contribution in [1.29, 1.82) is 0 Å². The molecule has 18 heavy (non-hydrogen) atoms. The molecule has 0 radical (unpaired) electrons. The van der Waals surface area contributed by atoms with Crippen LogP contribution in [-0.4, -0.2) is 53.0 Å². The fourth-order valence-corrected chi connectivity index (χ4v) is 2.18. The van der Waals surface area contributed by atoms with Crippen LogP contribution in [0, 0.1) is 0 Å². The third-order valence-corrected chi connectivity index (χ3v) is 3.18. The first-order valence-corrected chi connectivity index (χ1v) is 6.79. The largest absolute Gasteiger partial charge is 0.375 e. The molecule has 0 aromatic carbocycles. The van der Waals surface area contributed by atoms with Gasteiger partial charge >= 0.3 is 0 Å². The Labute approximate surface area is 115 Å². The van der Waals surface area contributed by atoms with Crippen molar-refractivity contribution in [3.63, 3.8) is 0 Å². The van der Waals surface area contributed by atoms with Crippen molar-refractivity contribution < 1.29 is 4.74 Å². The molecule has 0 bridgehead atoms. The van der Waals surface area contributed by atoms with Gasteiger partial charge in [-0.2, -0.15) is 5.10 Å². The van der Waals surface area contributed by atoms with Crippen LogP contribution in [0.5, 0.6) is 0 Å². The van der Waals surface area contributed by atoms with Gasteiger partial charge in [-0.05, 0) is 22.9 Å². The number of hydrogen-bond acceptors (Lipinski definition) is 3. The SMILES string of the molecule is CC1CN(C(N)=NCCn2cc(Br)cn2)CCO1. The molecule has 1 fully saturated rings. The summed E-state index contributed by atoms with van der Waals surface area (Å²) < 4.78 is 8.27. The number of aliphatic imine (C=N–C) groups is 1. The van der Waals surface area contributed by atoms with Crippen molar-refractivity contribution in [2.24, 2.45) is 10.7 Å². The fourth-order valence-electron chi connectivity index (χ4n) is 1.85. The van der Waals surface area contributed by atoms with Crippen LogP contribution in [0.3, 0.4) is 0 Å². The average Bonchev–Trinajstić information content (AvgIpc) is 2.75. The number of ether oxygens (including phenoxy) is 1. The lowest BCUT2D eigenvalue weighted by molar-refractivity contribution is 0.00529. The lowest BCUT2D eigenvalue weighted by Gasteiger charge is -2.31. The Bertz CT molecular complexity index is 419. The van der Waals surface area contributed by atoms with Gasteiger partial charge in [0.25, 0.3) is 0 Å². The van der Waals surface area contributed by atoms with E-state index in [0.29, 0.717) is 19.1 Å². The number of nitrogens with two attached hydrogens (primary N) is 1. The summed E-state index contributed by atoms with van der Waals surface area (Å²) in [5.74, 6) is 0.594. The molecule has 1 atom stereocenters. The Morgan fingerprint density at radius 3 is 3.22 bits per heavy atom. The third kappa shape index (κ3) is 3.71. The topological polar surface area (TPSA) is 68.7 Å². The van der Waals surface area contributed by atoms with Gasteiger partial charge in [0, 0.05) is 19.3 Å². The lowest BCUT2D eigenvalue weighted by atomic mass is 10.3. The monoisotopic (exact) mass is 315 g/mol. The highest BCUT2D eigenvalue weighted by molar-refractivity contribution is 9.10. The van der Waals surface area contributed by atoms with Crippen molar-refractivity contribution in [3.8, 4) is 0 Å². The maximum absolute atomic E-state index is 5.96. The summed E-state index contributed by atoms with van der Waals surface area (Å²) >= 11 is 3.36. The minimum absolute atomic E-state index is 0.217. The van der Waals surface area contributed by atoms with E-state index in [0.717, 1.165) is 24.1 Å². The highest BCUT2D eigenvalue weighted by atomic mass is 79.9. The molecular weight excluding hydrogens is 298 g/mol. The van der Waals surface area contributed by atoms with Crippen LogP contribution in [0.4, 0.5) is 0 Å². The van der Waals surface area contributed by atoms with Gasteiger partial charge in [0.15, 0.2) is 5.96 Å². The number of nitrogens with zero attached hydrogens (tertiary/aromatic N) is 4. The Balaban J connectivity index is 1.81. The minimum Gasteiger partial charge on any atom is -0.375 e. The van der Waals surface area contributed by atoms with Gasteiger partial charge in [-0.1, -0.05) is 0 Å². The number of guanidine groups is 1. The first-order chi connectivity index (χ1) is 8.65. The minimum atomic E-state index is 0.217. The van der Waals surface area contributed by atoms with E-state index in [1.54, 1.807) is 6.20 Å². The Morgan fingerprint density at radius 2 is 2.56 bits per heavy atom. The molecular formula is C11H18BrN5O. The van der Waals surface area contributed by atoms with Crippen LogP contribution in [0.1, 0.15) is 6.92 Å². The zero-order valence-corrected chi connectivity index (χ0v) is 12.0. The Kier molecular flexibility index (Phi) is 4.60. The van der Waals surface area contributed by atoms with Crippen LogP contribution in [-0.2, 0) is 11.3 Å². The molecule has 6 nitrogen and oxygen atoms in total. The van der Waals surface area contributed by atoms with Gasteiger partial charge in [0.2, 0.25) is 0 Å². The van der Waals surface area contributed by atoms with Gasteiger partial charge in [-0.15, -0.1) is 0 Å². The Morgan fingerprint density at radius 1 is 1.72 bits per heavy atom. The van der Waals surface area contributed by atoms with E-state index >= 15 is 0 Å². The summed E-state index contributed by atoms with van der Waals surface area (Å²) in [5.41, 5.74) is 5.96. The molecule has 0 spiro atoms. The van der Waals surface area contributed by atoms with E-state index in [-0.39, 0.29) is 6.10 Å². The van der Waals surface area contributed by atoms with Gasteiger partial charge in [-0.25, -0.2) is 0 Å². The predicted octanol–water partition coefficient (Wildman–Crippen LogP) is 0.681. The van der Waals surface area contributed by atoms with E-state index in [4.69, 9.17) is 10.5 Å². The fraction of sp³-hybridized carbons (Fsp3) is 0.636. The van der Waals surface area contributed by atoms with Crippen molar-refractivity contribution in [2.45, 2.75) is 19.6 Å². The molecule has 0 saturated carbocycles. The van der Waals surface area contributed by atoms with Gasteiger partial charge in [-0.3, -0.25) is 9.67 Å². The summed E-state index contributed by atoms with van der Waals surface area (Å²) in [5, 5.41) is 4.16. The van der Waals surface area contributed by atoms with Crippen LogP contribution >= 0.6 is 15.9 Å². The second-order valence-electron chi connectivity index (χ2n) is 4.29. The normalized spacial score (nSPS) is 21.3. The second kappa shape index (κ2) is 6.19. The summed E-state index contributed by atoms with van der Waals surface area (Å²) in [6.07, 6.45) is 3.90. The van der Waals surface area contributed by atoms with Crippen LogP contribution < -0.4 is 5.73 Å². The third-order valence-electron chi connectivity index (χ3n) is 2.77. The average molecular weight is 316 g/mol. The van der Waals surface area contributed by atoms with Gasteiger partial charge in [0.05, 0.1) is 36.5 Å². The number of aromatic nitrogens is 2. The molecule has 0 aliphatic carbocycles. The molecule has 2 heterocycles. The predicted molar refractivity (Wildman–Crippen MR) is 73.4 cm³/mol.